The van der Waals surface area contributed by atoms with Gasteiger partial charge in [0.1, 0.15) is 12.8 Å². The van der Waals surface area contributed by atoms with Crippen LogP contribution in [0.3, 0.4) is 0 Å². The largest absolute Gasteiger partial charge is 0.399 e. The molecule has 2 aromatic carbocycles. The van der Waals surface area contributed by atoms with Crippen molar-refractivity contribution in [1.29, 1.82) is 0 Å². The standard InChI is InChI=1S/C22H22N2O2/c1-5-24-18-11-10-14(13(2)3)12-17(18)22(25)19-20(23-26-4)15-8-6-7-9-16(15)21(19)24/h6-13H,5H2,1-4H3/b23-20-. The van der Waals surface area contributed by atoms with E-state index in [0.717, 1.165) is 39.8 Å². The first-order valence-electron chi connectivity index (χ1n) is 9.00. The van der Waals surface area contributed by atoms with Gasteiger partial charge in [0.2, 0.25) is 0 Å². The lowest BCUT2D eigenvalue weighted by Gasteiger charge is -2.17. The number of pyridine rings is 1. The zero-order chi connectivity index (χ0) is 18.4. The fourth-order valence-corrected chi connectivity index (χ4v) is 3.87. The number of oxime groups is 1. The Labute approximate surface area is 152 Å². The molecule has 0 saturated heterocycles. The Bertz CT molecular complexity index is 1110. The quantitative estimate of drug-likeness (QED) is 0.512. The number of rotatable bonds is 3. The van der Waals surface area contributed by atoms with Gasteiger partial charge in [-0.05, 0) is 30.5 Å². The lowest BCUT2D eigenvalue weighted by Crippen LogP contribution is -2.19. The number of hydrogen-bond acceptors (Lipinski definition) is 3. The second-order valence-corrected chi connectivity index (χ2v) is 6.90. The summed E-state index contributed by atoms with van der Waals surface area (Å²) in [7, 11) is 1.52. The summed E-state index contributed by atoms with van der Waals surface area (Å²) in [6.45, 7) is 7.16. The first-order chi connectivity index (χ1) is 12.6. The van der Waals surface area contributed by atoms with Crippen LogP contribution in [0, 0.1) is 0 Å². The van der Waals surface area contributed by atoms with Gasteiger partial charge in [-0.15, -0.1) is 0 Å². The summed E-state index contributed by atoms with van der Waals surface area (Å²) >= 11 is 0. The molecule has 0 radical (unpaired) electrons. The van der Waals surface area contributed by atoms with Crippen LogP contribution in [0.15, 0.2) is 52.4 Å². The zero-order valence-corrected chi connectivity index (χ0v) is 15.5. The Morgan fingerprint density at radius 3 is 2.50 bits per heavy atom. The molecule has 4 rings (SSSR count). The molecule has 132 valence electrons. The van der Waals surface area contributed by atoms with Gasteiger partial charge in [0.05, 0.1) is 16.8 Å². The van der Waals surface area contributed by atoms with E-state index in [0.29, 0.717) is 17.2 Å². The predicted molar refractivity (Wildman–Crippen MR) is 106 cm³/mol. The maximum absolute atomic E-state index is 13.5. The van der Waals surface area contributed by atoms with Gasteiger partial charge in [-0.25, -0.2) is 0 Å². The highest BCUT2D eigenvalue weighted by Crippen LogP contribution is 2.37. The number of fused-ring (bicyclic) bond motifs is 4. The van der Waals surface area contributed by atoms with Crippen LogP contribution in [0.5, 0.6) is 0 Å². The van der Waals surface area contributed by atoms with Gasteiger partial charge in [0.25, 0.3) is 0 Å². The molecule has 3 aromatic rings. The van der Waals surface area contributed by atoms with Gasteiger partial charge in [-0.1, -0.05) is 49.3 Å². The topological polar surface area (TPSA) is 43.6 Å². The fraction of sp³-hybridized carbons (Fsp3) is 0.273. The molecular formula is C22H22N2O2. The monoisotopic (exact) mass is 346 g/mol. The molecule has 4 heteroatoms. The van der Waals surface area contributed by atoms with Crippen molar-refractivity contribution in [2.45, 2.75) is 33.2 Å². The minimum absolute atomic E-state index is 0.0224. The van der Waals surface area contributed by atoms with E-state index in [1.807, 2.05) is 30.3 Å². The molecule has 0 fully saturated rings. The van der Waals surface area contributed by atoms with E-state index in [1.165, 1.54) is 7.11 Å². The van der Waals surface area contributed by atoms with Crippen molar-refractivity contribution < 1.29 is 4.84 Å². The van der Waals surface area contributed by atoms with E-state index in [1.54, 1.807) is 0 Å². The van der Waals surface area contributed by atoms with Crippen molar-refractivity contribution in [2.75, 3.05) is 7.11 Å². The summed E-state index contributed by atoms with van der Waals surface area (Å²) in [5.74, 6) is 0.367. The maximum atomic E-state index is 13.5. The molecule has 1 aliphatic rings. The second kappa shape index (κ2) is 6.13. The highest BCUT2D eigenvalue weighted by Gasteiger charge is 2.31. The van der Waals surface area contributed by atoms with Gasteiger partial charge < -0.3 is 9.40 Å². The van der Waals surface area contributed by atoms with Crippen molar-refractivity contribution in [3.63, 3.8) is 0 Å². The van der Waals surface area contributed by atoms with Crippen molar-refractivity contribution in [1.82, 2.24) is 4.57 Å². The Morgan fingerprint density at radius 1 is 1.12 bits per heavy atom. The summed E-state index contributed by atoms with van der Waals surface area (Å²) in [5, 5.41) is 4.95. The summed E-state index contributed by atoms with van der Waals surface area (Å²) < 4.78 is 2.22. The number of aryl methyl sites for hydroxylation is 1. The molecule has 0 unspecified atom stereocenters. The van der Waals surface area contributed by atoms with Crippen molar-refractivity contribution in [3.05, 3.63) is 69.4 Å². The summed E-state index contributed by atoms with van der Waals surface area (Å²) in [6, 6.07) is 14.2. The molecule has 0 spiro atoms. The molecule has 0 saturated carbocycles. The third-order valence-electron chi connectivity index (χ3n) is 5.13. The summed E-state index contributed by atoms with van der Waals surface area (Å²) in [6.07, 6.45) is 0. The molecule has 0 aliphatic heterocycles. The Balaban J connectivity index is 2.19. The van der Waals surface area contributed by atoms with E-state index >= 15 is 0 Å². The van der Waals surface area contributed by atoms with Gasteiger partial charge in [0.15, 0.2) is 5.43 Å². The average molecular weight is 346 g/mol. The first-order valence-corrected chi connectivity index (χ1v) is 9.00. The molecule has 1 heterocycles. The Kier molecular flexibility index (Phi) is 3.91. The van der Waals surface area contributed by atoms with Crippen LogP contribution in [0.1, 0.15) is 43.4 Å². The SMILES string of the molecule is CCn1c2c(c(=O)c3cc(C(C)C)ccc31)/C(=N\OC)c1ccccc1-2. The molecule has 0 N–H and O–H groups in total. The second-order valence-electron chi connectivity index (χ2n) is 6.90. The van der Waals surface area contributed by atoms with E-state index < -0.39 is 0 Å². The van der Waals surface area contributed by atoms with Crippen LogP contribution in [0.4, 0.5) is 0 Å². The Morgan fingerprint density at radius 2 is 1.85 bits per heavy atom. The molecule has 4 nitrogen and oxygen atoms in total. The molecule has 0 bridgehead atoms. The summed E-state index contributed by atoms with van der Waals surface area (Å²) in [5.41, 5.74) is 6.34. The van der Waals surface area contributed by atoms with E-state index in [2.05, 4.69) is 42.6 Å². The lowest BCUT2D eigenvalue weighted by atomic mass is 9.99. The van der Waals surface area contributed by atoms with Gasteiger partial charge >= 0.3 is 0 Å². The normalized spacial score (nSPS) is 14.1. The van der Waals surface area contributed by atoms with Crippen LogP contribution in [-0.4, -0.2) is 17.4 Å². The molecule has 0 amide bonds. The summed E-state index contributed by atoms with van der Waals surface area (Å²) in [4.78, 5) is 18.5. The van der Waals surface area contributed by atoms with E-state index in [-0.39, 0.29) is 5.43 Å². The third kappa shape index (κ3) is 2.22. The van der Waals surface area contributed by atoms with Crippen LogP contribution in [-0.2, 0) is 11.4 Å². The molecule has 26 heavy (non-hydrogen) atoms. The number of nitrogens with zero attached hydrogens (tertiary/aromatic N) is 2. The minimum Gasteiger partial charge on any atom is -0.399 e. The third-order valence-corrected chi connectivity index (χ3v) is 5.13. The number of aromatic nitrogens is 1. The van der Waals surface area contributed by atoms with Crippen molar-refractivity contribution in [3.8, 4) is 11.3 Å². The zero-order valence-electron chi connectivity index (χ0n) is 15.5. The van der Waals surface area contributed by atoms with Crippen molar-refractivity contribution in [2.24, 2.45) is 5.16 Å². The van der Waals surface area contributed by atoms with E-state index in [9.17, 15) is 4.79 Å². The number of benzene rings is 2. The molecule has 1 aliphatic carbocycles. The number of hydrogen-bond donors (Lipinski definition) is 0. The maximum Gasteiger partial charge on any atom is 0.199 e. The van der Waals surface area contributed by atoms with Crippen LogP contribution >= 0.6 is 0 Å². The fourth-order valence-electron chi connectivity index (χ4n) is 3.87. The van der Waals surface area contributed by atoms with Crippen LogP contribution < -0.4 is 5.43 Å². The lowest BCUT2D eigenvalue weighted by molar-refractivity contribution is 0.214. The predicted octanol–water partition coefficient (Wildman–Crippen LogP) is 4.52. The van der Waals surface area contributed by atoms with Gasteiger partial charge in [-0.2, -0.15) is 0 Å². The van der Waals surface area contributed by atoms with Crippen LogP contribution in [0.2, 0.25) is 0 Å². The van der Waals surface area contributed by atoms with Crippen LogP contribution in [0.25, 0.3) is 22.2 Å². The highest BCUT2D eigenvalue weighted by atomic mass is 16.6. The van der Waals surface area contributed by atoms with Crippen molar-refractivity contribution >= 4 is 16.6 Å². The van der Waals surface area contributed by atoms with Gasteiger partial charge in [-0.3, -0.25) is 4.79 Å². The Hall–Kier alpha value is -2.88. The average Bonchev–Trinajstić information content (AvgIpc) is 2.97. The van der Waals surface area contributed by atoms with Gasteiger partial charge in [0, 0.05) is 23.1 Å². The highest BCUT2D eigenvalue weighted by molar-refractivity contribution is 6.24. The smallest absolute Gasteiger partial charge is 0.199 e. The molecule has 1 aromatic heterocycles. The van der Waals surface area contributed by atoms with E-state index in [4.69, 9.17) is 4.84 Å². The first kappa shape index (κ1) is 16.6. The molecule has 0 atom stereocenters. The molecular weight excluding hydrogens is 324 g/mol. The minimum atomic E-state index is 0.0224.